The van der Waals surface area contributed by atoms with E-state index in [1.807, 2.05) is 20.8 Å². The van der Waals surface area contributed by atoms with Gasteiger partial charge in [-0.3, -0.25) is 4.79 Å². The van der Waals surface area contributed by atoms with Crippen LogP contribution in [-0.4, -0.2) is 22.5 Å². The molecule has 96 valence electrons. The Morgan fingerprint density at radius 2 is 1.72 bits per heavy atom. The van der Waals surface area contributed by atoms with Crippen LogP contribution in [0, 0.1) is 0 Å². The van der Waals surface area contributed by atoms with Gasteiger partial charge in [-0.15, -0.1) is 0 Å². The number of nitrogens with one attached hydrogen (secondary N) is 1. The zero-order valence-electron chi connectivity index (χ0n) is 10.7. The Labute approximate surface area is 106 Å². The number of amides is 1. The van der Waals surface area contributed by atoms with Crippen molar-refractivity contribution < 1.29 is 14.7 Å². The molecule has 0 atom stereocenters. The summed E-state index contributed by atoms with van der Waals surface area (Å²) < 4.78 is 0. The molecule has 1 rings (SSSR count). The third-order valence-electron chi connectivity index (χ3n) is 2.09. The predicted octanol–water partition coefficient (Wildman–Crippen LogP) is 2.07. The van der Waals surface area contributed by atoms with Crippen LogP contribution in [0.15, 0.2) is 36.4 Å². The fraction of sp³-hybridized carbons (Fsp3) is 0.286. The van der Waals surface area contributed by atoms with Crippen LogP contribution in [0.25, 0.3) is 5.57 Å². The topological polar surface area (TPSA) is 66.4 Å². The number of aliphatic carboxylic acids is 1. The van der Waals surface area contributed by atoms with Gasteiger partial charge < -0.3 is 10.4 Å². The summed E-state index contributed by atoms with van der Waals surface area (Å²) in [4.78, 5) is 22.8. The van der Waals surface area contributed by atoms with Gasteiger partial charge in [0.1, 0.15) is 0 Å². The predicted molar refractivity (Wildman–Crippen MR) is 70.0 cm³/mol. The molecule has 1 aromatic rings. The second kappa shape index (κ2) is 5.49. The zero-order chi connectivity index (χ0) is 13.8. The van der Waals surface area contributed by atoms with E-state index in [9.17, 15) is 9.59 Å². The fourth-order valence-electron chi connectivity index (χ4n) is 1.42. The van der Waals surface area contributed by atoms with Gasteiger partial charge in [0, 0.05) is 11.6 Å². The maximum atomic E-state index is 11.7. The largest absolute Gasteiger partial charge is 0.478 e. The molecule has 0 fully saturated rings. The summed E-state index contributed by atoms with van der Waals surface area (Å²) in [5, 5.41) is 11.8. The lowest BCUT2D eigenvalue weighted by Crippen LogP contribution is -2.39. The number of carbonyl (C=O) groups excluding carboxylic acids is 1. The van der Waals surface area contributed by atoms with E-state index in [0.717, 1.165) is 6.08 Å². The lowest BCUT2D eigenvalue weighted by Gasteiger charge is -2.19. The molecule has 0 radical (unpaired) electrons. The van der Waals surface area contributed by atoms with Crippen molar-refractivity contribution >= 4 is 17.4 Å². The van der Waals surface area contributed by atoms with Crippen LogP contribution < -0.4 is 5.32 Å². The van der Waals surface area contributed by atoms with E-state index < -0.39 is 17.4 Å². The standard InChI is InChI=1S/C14H17NO3/c1-14(2,3)15-12(16)9-11(13(17)18)10-7-5-4-6-8-10/h4-9H,1-3H3,(H,15,16)(H,17,18)/b11-9-. The van der Waals surface area contributed by atoms with Crippen molar-refractivity contribution in [3.05, 3.63) is 42.0 Å². The van der Waals surface area contributed by atoms with Crippen LogP contribution in [0.5, 0.6) is 0 Å². The molecule has 0 saturated carbocycles. The number of benzene rings is 1. The highest BCUT2D eigenvalue weighted by Gasteiger charge is 2.16. The van der Waals surface area contributed by atoms with Gasteiger partial charge >= 0.3 is 5.97 Å². The van der Waals surface area contributed by atoms with Gasteiger partial charge in [-0.25, -0.2) is 4.79 Å². The molecule has 0 saturated heterocycles. The number of carbonyl (C=O) groups is 2. The van der Waals surface area contributed by atoms with Crippen LogP contribution in [0.2, 0.25) is 0 Å². The first-order chi connectivity index (χ1) is 8.29. The third kappa shape index (κ3) is 4.41. The van der Waals surface area contributed by atoms with Gasteiger partial charge in [-0.2, -0.15) is 0 Å². The second-order valence-corrected chi connectivity index (χ2v) is 4.97. The molecule has 4 nitrogen and oxygen atoms in total. The number of hydrogen-bond donors (Lipinski definition) is 2. The monoisotopic (exact) mass is 247 g/mol. The van der Waals surface area contributed by atoms with E-state index in [0.29, 0.717) is 5.56 Å². The number of carboxylic acid groups (broad SMARTS) is 1. The summed E-state index contributed by atoms with van der Waals surface area (Å²) in [6.45, 7) is 5.51. The fourth-order valence-corrected chi connectivity index (χ4v) is 1.42. The molecular weight excluding hydrogens is 230 g/mol. The van der Waals surface area contributed by atoms with Gasteiger partial charge in [0.2, 0.25) is 5.91 Å². The first kappa shape index (κ1) is 14.0. The van der Waals surface area contributed by atoms with E-state index in [4.69, 9.17) is 5.11 Å². The van der Waals surface area contributed by atoms with Crippen molar-refractivity contribution in [2.24, 2.45) is 0 Å². The van der Waals surface area contributed by atoms with Crippen LogP contribution in [0.3, 0.4) is 0 Å². The highest BCUT2D eigenvalue weighted by Crippen LogP contribution is 2.14. The molecule has 1 aromatic carbocycles. The van der Waals surface area contributed by atoms with Crippen molar-refractivity contribution in [3.63, 3.8) is 0 Å². The average Bonchev–Trinajstić information content (AvgIpc) is 2.24. The van der Waals surface area contributed by atoms with Crippen LogP contribution >= 0.6 is 0 Å². The molecule has 2 N–H and O–H groups in total. The highest BCUT2D eigenvalue weighted by atomic mass is 16.4. The second-order valence-electron chi connectivity index (χ2n) is 4.97. The Bertz CT molecular complexity index is 470. The summed E-state index contributed by atoms with van der Waals surface area (Å²) in [5.74, 6) is -1.53. The molecule has 0 bridgehead atoms. The first-order valence-corrected chi connectivity index (χ1v) is 5.62. The molecule has 0 heterocycles. The molecule has 4 heteroatoms. The van der Waals surface area contributed by atoms with Crippen LogP contribution in [0.1, 0.15) is 26.3 Å². The lowest BCUT2D eigenvalue weighted by molar-refractivity contribution is -0.130. The summed E-state index contributed by atoms with van der Waals surface area (Å²) in [6, 6.07) is 8.56. The summed E-state index contributed by atoms with van der Waals surface area (Å²) in [6.07, 6.45) is 1.11. The van der Waals surface area contributed by atoms with E-state index in [1.165, 1.54) is 0 Å². The minimum absolute atomic E-state index is 0.0163. The van der Waals surface area contributed by atoms with E-state index >= 15 is 0 Å². The maximum Gasteiger partial charge on any atom is 0.336 e. The normalized spacial score (nSPS) is 12.1. The molecule has 0 aliphatic rings. The van der Waals surface area contributed by atoms with E-state index in [1.54, 1.807) is 30.3 Å². The Balaban J connectivity index is 3.00. The van der Waals surface area contributed by atoms with Crippen molar-refractivity contribution in [1.82, 2.24) is 5.32 Å². The van der Waals surface area contributed by atoms with E-state index in [-0.39, 0.29) is 5.57 Å². The molecule has 1 amide bonds. The van der Waals surface area contributed by atoms with Crippen molar-refractivity contribution in [2.45, 2.75) is 26.3 Å². The van der Waals surface area contributed by atoms with Gasteiger partial charge in [0.25, 0.3) is 0 Å². The minimum atomic E-state index is -1.12. The minimum Gasteiger partial charge on any atom is -0.478 e. The van der Waals surface area contributed by atoms with Gasteiger partial charge in [-0.05, 0) is 26.3 Å². The molecule has 0 spiro atoms. The van der Waals surface area contributed by atoms with Crippen molar-refractivity contribution in [2.75, 3.05) is 0 Å². The maximum absolute atomic E-state index is 11.7. The quantitative estimate of drug-likeness (QED) is 0.803. The number of hydrogen-bond acceptors (Lipinski definition) is 2. The smallest absolute Gasteiger partial charge is 0.336 e. The summed E-state index contributed by atoms with van der Waals surface area (Å²) in [7, 11) is 0. The molecule has 0 aliphatic heterocycles. The first-order valence-electron chi connectivity index (χ1n) is 5.62. The highest BCUT2D eigenvalue weighted by molar-refractivity contribution is 6.20. The number of rotatable bonds is 3. The Morgan fingerprint density at radius 3 is 2.17 bits per heavy atom. The van der Waals surface area contributed by atoms with Gasteiger partial charge in [-0.1, -0.05) is 30.3 Å². The number of carboxylic acids is 1. The Hall–Kier alpha value is -2.10. The molecule has 0 aromatic heterocycles. The Morgan fingerprint density at radius 1 is 1.17 bits per heavy atom. The third-order valence-corrected chi connectivity index (χ3v) is 2.09. The van der Waals surface area contributed by atoms with Gasteiger partial charge in [0.15, 0.2) is 0 Å². The van der Waals surface area contributed by atoms with Crippen LogP contribution in [0.4, 0.5) is 0 Å². The average molecular weight is 247 g/mol. The van der Waals surface area contributed by atoms with Crippen molar-refractivity contribution in [3.8, 4) is 0 Å². The molecular formula is C14H17NO3. The lowest BCUT2D eigenvalue weighted by atomic mass is 10.0. The molecule has 18 heavy (non-hydrogen) atoms. The van der Waals surface area contributed by atoms with Gasteiger partial charge in [0.05, 0.1) is 5.57 Å². The zero-order valence-corrected chi connectivity index (χ0v) is 10.7. The SMILES string of the molecule is CC(C)(C)NC(=O)/C=C(\C(=O)O)c1ccccc1. The summed E-state index contributed by atoms with van der Waals surface area (Å²) in [5.41, 5.74) is 0.0971. The van der Waals surface area contributed by atoms with Crippen LogP contribution in [-0.2, 0) is 9.59 Å². The molecule has 0 aliphatic carbocycles. The molecule has 0 unspecified atom stereocenters. The summed E-state index contributed by atoms with van der Waals surface area (Å²) >= 11 is 0. The van der Waals surface area contributed by atoms with E-state index in [2.05, 4.69) is 5.32 Å². The Kier molecular flexibility index (Phi) is 4.26. The van der Waals surface area contributed by atoms with Crippen molar-refractivity contribution in [1.29, 1.82) is 0 Å².